The van der Waals surface area contributed by atoms with Crippen molar-refractivity contribution in [2.24, 2.45) is 5.73 Å². The maximum absolute atomic E-state index is 6.12. The summed E-state index contributed by atoms with van der Waals surface area (Å²) in [5.74, 6) is 0.741. The zero-order chi connectivity index (χ0) is 12.4. The number of thiocarbonyl (C=S) groups is 1. The van der Waals surface area contributed by atoms with Gasteiger partial charge in [-0.1, -0.05) is 48.1 Å². The van der Waals surface area contributed by atoms with Crippen LogP contribution in [0, 0.1) is 0 Å². The molecule has 0 saturated heterocycles. The Balaban J connectivity index is 2.48. The van der Waals surface area contributed by atoms with E-state index >= 15 is 0 Å². The van der Waals surface area contributed by atoms with Crippen LogP contribution in [0.25, 0.3) is 10.8 Å². The molecule has 0 saturated carbocycles. The number of benzene rings is 2. The van der Waals surface area contributed by atoms with Gasteiger partial charge in [-0.3, -0.25) is 0 Å². The molecule has 17 heavy (non-hydrogen) atoms. The van der Waals surface area contributed by atoms with Crippen LogP contribution in [0.15, 0.2) is 36.4 Å². The van der Waals surface area contributed by atoms with Gasteiger partial charge in [-0.05, 0) is 19.1 Å². The highest BCUT2D eigenvalue weighted by Gasteiger charge is 2.10. The summed E-state index contributed by atoms with van der Waals surface area (Å²) in [6.07, 6.45) is -0.297. The zero-order valence-corrected chi connectivity index (χ0v) is 10.9. The molecule has 2 aromatic rings. The van der Waals surface area contributed by atoms with Gasteiger partial charge in [0, 0.05) is 15.8 Å². The largest absolute Gasteiger partial charge is 0.483 e. The Bertz CT molecular complexity index is 570. The first kappa shape index (κ1) is 12.1. The van der Waals surface area contributed by atoms with Crippen molar-refractivity contribution in [2.45, 2.75) is 13.0 Å². The number of hydrogen-bond donors (Lipinski definition) is 1. The summed E-state index contributed by atoms with van der Waals surface area (Å²) in [5.41, 5.74) is 5.54. The molecule has 4 heteroatoms. The average Bonchev–Trinajstić information content (AvgIpc) is 2.33. The molecule has 0 aromatic heterocycles. The van der Waals surface area contributed by atoms with Gasteiger partial charge in [-0.2, -0.15) is 0 Å². The number of ether oxygens (including phenoxy) is 1. The van der Waals surface area contributed by atoms with Crippen molar-refractivity contribution in [3.63, 3.8) is 0 Å². The normalized spacial score (nSPS) is 12.4. The second kappa shape index (κ2) is 4.90. The van der Waals surface area contributed by atoms with Gasteiger partial charge in [0.25, 0.3) is 0 Å². The number of rotatable bonds is 3. The standard InChI is InChI=1S/C13H12ClNOS/c1-8(13(15)17)16-12-7-6-11(14)9-4-2-3-5-10(9)12/h2-8H,1H3,(H2,15,17). The fourth-order valence-electron chi connectivity index (χ4n) is 1.59. The predicted octanol–water partition coefficient (Wildman–Crippen LogP) is 3.55. The number of hydrogen-bond acceptors (Lipinski definition) is 2. The van der Waals surface area contributed by atoms with Crippen molar-refractivity contribution in [1.82, 2.24) is 0 Å². The molecular weight excluding hydrogens is 254 g/mol. The Morgan fingerprint density at radius 2 is 1.88 bits per heavy atom. The number of halogens is 1. The van der Waals surface area contributed by atoms with Crippen LogP contribution in [0.2, 0.25) is 5.02 Å². The molecule has 0 aliphatic carbocycles. The molecule has 88 valence electrons. The van der Waals surface area contributed by atoms with Gasteiger partial charge in [0.05, 0.1) is 0 Å². The molecule has 0 aliphatic heterocycles. The number of nitrogens with two attached hydrogens (primary N) is 1. The Kier molecular flexibility index (Phi) is 3.50. The van der Waals surface area contributed by atoms with Crippen molar-refractivity contribution < 1.29 is 4.74 Å². The second-order valence-corrected chi connectivity index (χ2v) is 4.63. The lowest BCUT2D eigenvalue weighted by atomic mass is 10.1. The monoisotopic (exact) mass is 265 g/mol. The average molecular weight is 266 g/mol. The van der Waals surface area contributed by atoms with Crippen LogP contribution in [-0.2, 0) is 0 Å². The smallest absolute Gasteiger partial charge is 0.145 e. The minimum absolute atomic E-state index is 0.297. The molecule has 1 unspecified atom stereocenters. The van der Waals surface area contributed by atoms with Crippen LogP contribution >= 0.6 is 23.8 Å². The van der Waals surface area contributed by atoms with Crippen LogP contribution in [0.4, 0.5) is 0 Å². The van der Waals surface area contributed by atoms with Crippen LogP contribution in [0.3, 0.4) is 0 Å². The molecule has 0 radical (unpaired) electrons. The highest BCUT2D eigenvalue weighted by Crippen LogP contribution is 2.31. The highest BCUT2D eigenvalue weighted by atomic mass is 35.5. The fourth-order valence-corrected chi connectivity index (χ4v) is 1.86. The summed E-state index contributed by atoms with van der Waals surface area (Å²) in [4.78, 5) is 0.337. The minimum Gasteiger partial charge on any atom is -0.483 e. The molecule has 0 amide bonds. The summed E-state index contributed by atoms with van der Waals surface area (Å²) >= 11 is 11.0. The summed E-state index contributed by atoms with van der Waals surface area (Å²) < 4.78 is 5.72. The molecule has 2 rings (SSSR count). The molecule has 0 fully saturated rings. The van der Waals surface area contributed by atoms with Crippen LogP contribution in [0.5, 0.6) is 5.75 Å². The molecule has 0 heterocycles. The van der Waals surface area contributed by atoms with Crippen molar-refractivity contribution >= 4 is 39.6 Å². The maximum atomic E-state index is 6.12. The van der Waals surface area contributed by atoms with Gasteiger partial charge in [0.15, 0.2) is 0 Å². The third-order valence-corrected chi connectivity index (χ3v) is 3.20. The highest BCUT2D eigenvalue weighted by molar-refractivity contribution is 7.80. The van der Waals surface area contributed by atoms with E-state index in [1.807, 2.05) is 43.3 Å². The fraction of sp³-hybridized carbons (Fsp3) is 0.154. The quantitative estimate of drug-likeness (QED) is 0.862. The Morgan fingerprint density at radius 1 is 1.24 bits per heavy atom. The third kappa shape index (κ3) is 2.51. The first-order valence-corrected chi connectivity index (χ1v) is 6.01. The van der Waals surface area contributed by atoms with Crippen molar-refractivity contribution in [2.75, 3.05) is 0 Å². The molecule has 0 aliphatic rings. The molecule has 0 bridgehead atoms. The molecule has 2 nitrogen and oxygen atoms in total. The molecule has 1 atom stereocenters. The molecule has 2 N–H and O–H groups in total. The van der Waals surface area contributed by atoms with E-state index in [9.17, 15) is 0 Å². The van der Waals surface area contributed by atoms with E-state index in [2.05, 4.69) is 0 Å². The summed E-state index contributed by atoms with van der Waals surface area (Å²) in [5, 5.41) is 2.63. The van der Waals surface area contributed by atoms with E-state index in [1.54, 1.807) is 0 Å². The van der Waals surface area contributed by atoms with Crippen molar-refractivity contribution in [1.29, 1.82) is 0 Å². The Hall–Kier alpha value is -1.32. The molecule has 2 aromatic carbocycles. The van der Waals surface area contributed by atoms with Crippen LogP contribution < -0.4 is 10.5 Å². The van der Waals surface area contributed by atoms with Gasteiger partial charge in [0.1, 0.15) is 16.8 Å². The Morgan fingerprint density at radius 3 is 2.53 bits per heavy atom. The molecule has 0 spiro atoms. The van der Waals surface area contributed by atoms with Crippen molar-refractivity contribution in [3.8, 4) is 5.75 Å². The molecular formula is C13H12ClNOS. The van der Waals surface area contributed by atoms with Crippen LogP contribution in [-0.4, -0.2) is 11.1 Å². The van der Waals surface area contributed by atoms with Gasteiger partial charge < -0.3 is 10.5 Å². The van der Waals surface area contributed by atoms with Crippen molar-refractivity contribution in [3.05, 3.63) is 41.4 Å². The first-order valence-electron chi connectivity index (χ1n) is 5.23. The summed E-state index contributed by atoms with van der Waals surface area (Å²) in [6.45, 7) is 1.83. The lowest BCUT2D eigenvalue weighted by molar-refractivity contribution is 0.292. The minimum atomic E-state index is -0.297. The van der Waals surface area contributed by atoms with E-state index in [4.69, 9.17) is 34.3 Å². The van der Waals surface area contributed by atoms with E-state index in [0.29, 0.717) is 10.0 Å². The Labute approximate surface area is 110 Å². The van der Waals surface area contributed by atoms with E-state index in [-0.39, 0.29) is 6.10 Å². The SMILES string of the molecule is CC(Oc1ccc(Cl)c2ccccc12)C(N)=S. The first-order chi connectivity index (χ1) is 8.09. The lowest BCUT2D eigenvalue weighted by Gasteiger charge is -2.15. The van der Waals surface area contributed by atoms with Gasteiger partial charge in [0.2, 0.25) is 0 Å². The number of fused-ring (bicyclic) bond motifs is 1. The second-order valence-electron chi connectivity index (χ2n) is 3.75. The summed E-state index contributed by atoms with van der Waals surface area (Å²) in [6, 6.07) is 11.4. The zero-order valence-electron chi connectivity index (χ0n) is 9.31. The lowest BCUT2D eigenvalue weighted by Crippen LogP contribution is -2.28. The van der Waals surface area contributed by atoms with Gasteiger partial charge in [-0.25, -0.2) is 0 Å². The van der Waals surface area contributed by atoms with Gasteiger partial charge >= 0.3 is 0 Å². The predicted molar refractivity (Wildman–Crippen MR) is 75.8 cm³/mol. The van der Waals surface area contributed by atoms with E-state index < -0.39 is 0 Å². The van der Waals surface area contributed by atoms with E-state index in [1.165, 1.54) is 0 Å². The van der Waals surface area contributed by atoms with Gasteiger partial charge in [-0.15, -0.1) is 0 Å². The van der Waals surface area contributed by atoms with Crippen LogP contribution in [0.1, 0.15) is 6.92 Å². The van der Waals surface area contributed by atoms with E-state index in [0.717, 1.165) is 16.5 Å². The summed E-state index contributed by atoms with van der Waals surface area (Å²) in [7, 11) is 0. The third-order valence-electron chi connectivity index (χ3n) is 2.54. The maximum Gasteiger partial charge on any atom is 0.145 e. The topological polar surface area (TPSA) is 35.2 Å².